The summed E-state index contributed by atoms with van der Waals surface area (Å²) in [7, 11) is 0. The molecule has 10 heteroatoms. The van der Waals surface area contributed by atoms with Gasteiger partial charge in [-0.25, -0.2) is 9.59 Å². The predicted molar refractivity (Wildman–Crippen MR) is 173 cm³/mol. The molecule has 0 aliphatic carbocycles. The Labute approximate surface area is 251 Å². The third-order valence-corrected chi connectivity index (χ3v) is 9.64. The molecule has 0 aliphatic rings. The first kappa shape index (κ1) is 33.6. The number of aromatic nitrogens is 4. The van der Waals surface area contributed by atoms with Crippen LogP contribution in [0.15, 0.2) is 32.0 Å². The second kappa shape index (κ2) is 14.9. The van der Waals surface area contributed by atoms with Gasteiger partial charge in [-0.15, -0.1) is 25.3 Å². The Morgan fingerprint density at radius 1 is 0.658 bits per heavy atom. The number of rotatable bonds is 17. The molecule has 2 unspecified atom stereocenters. The van der Waals surface area contributed by atoms with Crippen LogP contribution in [0.4, 0.5) is 0 Å². The molecule has 0 fully saturated rings. The number of aryl methyl sites for hydroxylation is 2. The Kier molecular flexibility index (Phi) is 13.2. The molecule has 0 amide bonds. The van der Waals surface area contributed by atoms with E-state index in [1.807, 2.05) is 26.2 Å². The molecular weight excluding hydrogens is 553 g/mol. The molecule has 2 aromatic heterocycles. The first-order valence-electron chi connectivity index (χ1n) is 14.0. The van der Waals surface area contributed by atoms with Crippen molar-refractivity contribution in [2.45, 2.75) is 140 Å². The summed E-state index contributed by atoms with van der Waals surface area (Å²) in [6.07, 6.45) is 11.9. The molecule has 0 radical (unpaired) electrons. The highest BCUT2D eigenvalue weighted by molar-refractivity contribution is 7.81. The first-order valence-corrected chi connectivity index (χ1v) is 16.0. The van der Waals surface area contributed by atoms with E-state index in [1.165, 1.54) is 0 Å². The van der Waals surface area contributed by atoms with E-state index in [4.69, 9.17) is 25.3 Å². The van der Waals surface area contributed by atoms with E-state index >= 15 is 0 Å². The highest BCUT2D eigenvalue weighted by Crippen LogP contribution is 2.32. The van der Waals surface area contributed by atoms with Crippen molar-refractivity contribution >= 4 is 50.5 Å². The second-order valence-electron chi connectivity index (χ2n) is 12.2. The fourth-order valence-corrected chi connectivity index (χ4v) is 5.98. The van der Waals surface area contributed by atoms with Gasteiger partial charge in [-0.05, 0) is 76.0 Å². The van der Waals surface area contributed by atoms with Crippen LogP contribution in [-0.2, 0) is 26.2 Å². The van der Waals surface area contributed by atoms with Gasteiger partial charge in [0.1, 0.15) is 0 Å². The third kappa shape index (κ3) is 10.1. The maximum absolute atomic E-state index is 12.4. The minimum absolute atomic E-state index is 0.0272. The monoisotopic (exact) mass is 602 g/mol. The van der Waals surface area contributed by atoms with Gasteiger partial charge >= 0.3 is 11.4 Å². The summed E-state index contributed by atoms with van der Waals surface area (Å²) in [5, 5.41) is 2.17. The van der Waals surface area contributed by atoms with E-state index in [2.05, 4.69) is 53.0 Å². The summed E-state index contributed by atoms with van der Waals surface area (Å²) in [4.78, 5) is 24.9. The Morgan fingerprint density at radius 3 is 1.29 bits per heavy atom. The summed E-state index contributed by atoms with van der Waals surface area (Å²) in [5.41, 5.74) is 0.317. The molecule has 2 aromatic rings. The lowest BCUT2D eigenvalue weighted by Crippen LogP contribution is -2.26. The lowest BCUT2D eigenvalue weighted by molar-refractivity contribution is 0.270. The van der Waals surface area contributed by atoms with Crippen molar-refractivity contribution in [3.63, 3.8) is 0 Å². The topological polar surface area (TPSA) is 53.9 Å². The quantitative estimate of drug-likeness (QED) is 0.152. The molecule has 2 rings (SSSR count). The molecule has 0 saturated heterocycles. The van der Waals surface area contributed by atoms with Gasteiger partial charge in [0.25, 0.3) is 0 Å². The standard InChI is InChI=1S/C28H50N4O2S4/c1-7-29-19-23(37)31(25(29)33)17-15-27(3,4)13-11-21(35)9-10-22(36)12-14-28(5,6)16-18-32-24(38)20-30(8-2)26(32)34/h19-22,35-38H,7-18H2,1-6H3. The predicted octanol–water partition coefficient (Wildman–Crippen LogP) is 6.70. The molecule has 2 atom stereocenters. The fraction of sp³-hybridized carbons (Fsp3) is 0.786. The number of thiol groups is 4. The van der Waals surface area contributed by atoms with Crippen LogP contribution in [0.25, 0.3) is 0 Å². The van der Waals surface area contributed by atoms with Crippen molar-refractivity contribution in [1.29, 1.82) is 0 Å². The maximum Gasteiger partial charge on any atom is 0.329 e. The minimum Gasteiger partial charge on any atom is -0.298 e. The van der Waals surface area contributed by atoms with Gasteiger partial charge in [0.2, 0.25) is 0 Å². The van der Waals surface area contributed by atoms with E-state index < -0.39 is 0 Å². The lowest BCUT2D eigenvalue weighted by atomic mass is 9.82. The fourth-order valence-electron chi connectivity index (χ4n) is 4.78. The van der Waals surface area contributed by atoms with Crippen molar-refractivity contribution in [3.05, 3.63) is 33.4 Å². The van der Waals surface area contributed by atoms with Crippen LogP contribution < -0.4 is 11.4 Å². The highest BCUT2D eigenvalue weighted by atomic mass is 32.1. The van der Waals surface area contributed by atoms with Gasteiger partial charge in [0.05, 0.1) is 10.1 Å². The van der Waals surface area contributed by atoms with Crippen molar-refractivity contribution in [1.82, 2.24) is 18.3 Å². The van der Waals surface area contributed by atoms with E-state index in [-0.39, 0.29) is 22.2 Å². The normalized spacial score (nSPS) is 14.3. The third-order valence-electron chi connectivity index (χ3n) is 7.90. The molecule has 38 heavy (non-hydrogen) atoms. The van der Waals surface area contributed by atoms with Crippen LogP contribution in [0.1, 0.15) is 92.9 Å². The number of nitrogens with zero attached hydrogens (tertiary/aromatic N) is 4. The number of hydrogen-bond acceptors (Lipinski definition) is 6. The summed E-state index contributed by atoms with van der Waals surface area (Å²) in [6.45, 7) is 15.8. The first-order chi connectivity index (χ1) is 17.7. The molecule has 6 nitrogen and oxygen atoms in total. The van der Waals surface area contributed by atoms with E-state index in [0.717, 1.165) is 61.4 Å². The van der Waals surface area contributed by atoms with Crippen LogP contribution in [0.2, 0.25) is 0 Å². The van der Waals surface area contributed by atoms with Crippen molar-refractivity contribution < 1.29 is 0 Å². The molecule has 2 heterocycles. The van der Waals surface area contributed by atoms with Crippen molar-refractivity contribution in [2.24, 2.45) is 10.8 Å². The SMILES string of the molecule is CCn1cc(S)n(CCC(C)(C)CCC(S)CCC(S)CCC(C)(C)CCn2c(S)cn(CC)c2=O)c1=O. The molecular formula is C28H50N4O2S4. The molecule has 0 spiro atoms. The van der Waals surface area contributed by atoms with Gasteiger partial charge in [0.15, 0.2) is 0 Å². The highest BCUT2D eigenvalue weighted by Gasteiger charge is 2.23. The van der Waals surface area contributed by atoms with Crippen LogP contribution in [0.5, 0.6) is 0 Å². The van der Waals surface area contributed by atoms with E-state index in [1.54, 1.807) is 18.3 Å². The smallest absolute Gasteiger partial charge is 0.298 e. The van der Waals surface area contributed by atoms with Crippen LogP contribution >= 0.6 is 50.5 Å². The van der Waals surface area contributed by atoms with Gasteiger partial charge in [-0.2, -0.15) is 25.3 Å². The van der Waals surface area contributed by atoms with E-state index in [0.29, 0.717) is 36.7 Å². The van der Waals surface area contributed by atoms with Gasteiger partial charge in [-0.1, -0.05) is 27.7 Å². The van der Waals surface area contributed by atoms with E-state index in [9.17, 15) is 9.59 Å². The largest absolute Gasteiger partial charge is 0.329 e. The number of imidazole rings is 2. The average Bonchev–Trinajstić information content (AvgIpc) is 3.30. The van der Waals surface area contributed by atoms with Crippen molar-refractivity contribution in [3.8, 4) is 0 Å². The maximum atomic E-state index is 12.4. The van der Waals surface area contributed by atoms with Crippen LogP contribution in [0, 0.1) is 10.8 Å². The zero-order valence-electron chi connectivity index (χ0n) is 24.2. The summed E-state index contributed by atoms with van der Waals surface area (Å²) in [6, 6.07) is 0. The van der Waals surface area contributed by atoms with Gasteiger partial charge < -0.3 is 0 Å². The van der Waals surface area contributed by atoms with Crippen molar-refractivity contribution in [2.75, 3.05) is 0 Å². The zero-order valence-corrected chi connectivity index (χ0v) is 27.8. The Hall–Kier alpha value is -0.580. The Morgan fingerprint density at radius 2 is 1.00 bits per heavy atom. The summed E-state index contributed by atoms with van der Waals surface area (Å²) in [5.74, 6) is 0. The molecule has 0 aliphatic heterocycles. The second-order valence-corrected chi connectivity index (χ2v) is 14.6. The molecule has 218 valence electrons. The molecule has 0 saturated carbocycles. The lowest BCUT2D eigenvalue weighted by Gasteiger charge is -2.27. The van der Waals surface area contributed by atoms with Gasteiger partial charge in [0, 0.05) is 49.1 Å². The van der Waals surface area contributed by atoms with Crippen LogP contribution in [-0.4, -0.2) is 28.8 Å². The summed E-state index contributed by atoms with van der Waals surface area (Å²) >= 11 is 18.7. The molecule has 0 bridgehead atoms. The Bertz CT molecular complexity index is 1040. The molecule has 0 N–H and O–H groups in total. The molecule has 0 aromatic carbocycles. The average molecular weight is 603 g/mol. The minimum atomic E-state index is 0.0272. The van der Waals surface area contributed by atoms with Gasteiger partial charge in [-0.3, -0.25) is 18.3 Å². The van der Waals surface area contributed by atoms with Crippen LogP contribution in [0.3, 0.4) is 0 Å². The number of hydrogen-bond donors (Lipinski definition) is 4. The Balaban J connectivity index is 1.71. The zero-order chi connectivity index (χ0) is 28.7. The summed E-state index contributed by atoms with van der Waals surface area (Å²) < 4.78 is 6.96.